The van der Waals surface area contributed by atoms with Crippen molar-refractivity contribution < 1.29 is 9.84 Å². The molecule has 2 nitrogen and oxygen atoms in total. The summed E-state index contributed by atoms with van der Waals surface area (Å²) in [6.07, 6.45) is 3.96. The lowest BCUT2D eigenvalue weighted by Crippen LogP contribution is -2.30. The van der Waals surface area contributed by atoms with Crippen LogP contribution in [-0.4, -0.2) is 17.3 Å². The molecule has 1 N–H and O–H groups in total. The first-order valence-electron chi connectivity index (χ1n) is 10.7. The fraction of sp³-hybridized carbons (Fsp3) is 0.429. The predicted molar refractivity (Wildman–Crippen MR) is 132 cm³/mol. The summed E-state index contributed by atoms with van der Waals surface area (Å²) in [6.45, 7) is 26.9. The van der Waals surface area contributed by atoms with Gasteiger partial charge in [0.1, 0.15) is 5.76 Å². The third kappa shape index (κ3) is 5.86. The van der Waals surface area contributed by atoms with Crippen LogP contribution in [-0.2, 0) is 4.74 Å². The van der Waals surface area contributed by atoms with Gasteiger partial charge in [-0.2, -0.15) is 0 Å². The fourth-order valence-corrected chi connectivity index (χ4v) is 4.13. The van der Waals surface area contributed by atoms with Crippen molar-refractivity contribution in [2.75, 3.05) is 6.61 Å². The maximum Gasteiger partial charge on any atom is 0.116 e. The van der Waals surface area contributed by atoms with Gasteiger partial charge in [-0.15, -0.1) is 0 Å². The number of aliphatic hydroxyl groups is 1. The molecule has 0 heterocycles. The van der Waals surface area contributed by atoms with Gasteiger partial charge in [0.25, 0.3) is 0 Å². The smallest absolute Gasteiger partial charge is 0.116 e. The first-order chi connectivity index (χ1) is 13.9. The monoisotopic (exact) mass is 408 g/mol. The number of hydrogen-bond donors (Lipinski definition) is 1. The zero-order valence-corrected chi connectivity index (χ0v) is 20.4. The van der Waals surface area contributed by atoms with E-state index >= 15 is 0 Å². The molecule has 0 aliphatic rings. The highest BCUT2D eigenvalue weighted by Crippen LogP contribution is 2.45. The van der Waals surface area contributed by atoms with Crippen LogP contribution in [0.2, 0.25) is 0 Å². The average Bonchev–Trinajstić information content (AvgIpc) is 2.65. The van der Waals surface area contributed by atoms with Gasteiger partial charge in [0.15, 0.2) is 0 Å². The molecule has 1 unspecified atom stereocenters. The summed E-state index contributed by atoms with van der Waals surface area (Å²) >= 11 is 0. The molecule has 0 fully saturated rings. The average molecular weight is 409 g/mol. The molecule has 30 heavy (non-hydrogen) atoms. The topological polar surface area (TPSA) is 29.5 Å². The molecule has 1 aromatic carbocycles. The van der Waals surface area contributed by atoms with Crippen molar-refractivity contribution in [1.29, 1.82) is 0 Å². The van der Waals surface area contributed by atoms with Crippen LogP contribution in [0.5, 0.6) is 0 Å². The van der Waals surface area contributed by atoms with Crippen LogP contribution >= 0.6 is 0 Å². The maximum absolute atomic E-state index is 11.2. The summed E-state index contributed by atoms with van der Waals surface area (Å²) in [5.74, 6) is 0.471. The maximum atomic E-state index is 11.2. The van der Waals surface area contributed by atoms with Crippen LogP contribution < -0.4 is 0 Å². The lowest BCUT2D eigenvalue weighted by atomic mass is 9.72. The van der Waals surface area contributed by atoms with Gasteiger partial charge in [-0.05, 0) is 90.2 Å². The van der Waals surface area contributed by atoms with Crippen molar-refractivity contribution in [3.8, 4) is 0 Å². The molecule has 0 aliphatic carbocycles. The summed E-state index contributed by atoms with van der Waals surface area (Å²) in [4.78, 5) is 0. The van der Waals surface area contributed by atoms with Gasteiger partial charge < -0.3 is 9.84 Å². The molecule has 0 radical (unpaired) electrons. The first-order valence-corrected chi connectivity index (χ1v) is 10.7. The number of aryl methyl sites for hydroxylation is 1. The summed E-state index contributed by atoms with van der Waals surface area (Å²) < 4.78 is 5.95. The molecule has 0 amide bonds. The third-order valence-corrected chi connectivity index (χ3v) is 5.66. The quantitative estimate of drug-likeness (QED) is 0.258. The summed E-state index contributed by atoms with van der Waals surface area (Å²) in [5, 5.41) is 11.2. The molecule has 1 atom stereocenters. The van der Waals surface area contributed by atoms with Gasteiger partial charge in [0, 0.05) is 11.5 Å². The second-order valence-corrected chi connectivity index (χ2v) is 8.59. The van der Waals surface area contributed by atoms with E-state index in [9.17, 15) is 5.11 Å². The Kier molecular flexibility index (Phi) is 9.11. The zero-order valence-electron chi connectivity index (χ0n) is 20.4. The molecule has 0 saturated heterocycles. The van der Waals surface area contributed by atoms with E-state index in [4.69, 9.17) is 4.74 Å². The first kappa shape index (κ1) is 25.7. The molecule has 164 valence electrons. The van der Waals surface area contributed by atoms with Crippen molar-refractivity contribution in [1.82, 2.24) is 0 Å². The van der Waals surface area contributed by atoms with E-state index in [0.717, 1.165) is 39.0 Å². The minimum atomic E-state index is -1.01. The summed E-state index contributed by atoms with van der Waals surface area (Å²) in [6, 6.07) is 6.36. The Morgan fingerprint density at radius 3 is 2.20 bits per heavy atom. The van der Waals surface area contributed by atoms with E-state index < -0.39 is 5.60 Å². The second kappa shape index (κ2) is 10.6. The Morgan fingerprint density at radius 2 is 1.80 bits per heavy atom. The second-order valence-electron chi connectivity index (χ2n) is 8.59. The highest BCUT2D eigenvalue weighted by atomic mass is 16.5. The van der Waals surface area contributed by atoms with Gasteiger partial charge in [-0.25, -0.2) is 0 Å². The molecule has 0 saturated carbocycles. The molecule has 0 aliphatic heterocycles. The minimum Gasteiger partial charge on any atom is -0.494 e. The Labute approximate surface area is 184 Å². The van der Waals surface area contributed by atoms with Gasteiger partial charge in [0.05, 0.1) is 12.2 Å². The van der Waals surface area contributed by atoms with E-state index in [1.54, 1.807) is 0 Å². The van der Waals surface area contributed by atoms with Crippen LogP contribution in [0.15, 0.2) is 71.1 Å². The summed E-state index contributed by atoms with van der Waals surface area (Å²) in [7, 11) is 0. The van der Waals surface area contributed by atoms with Crippen LogP contribution in [0.25, 0.3) is 6.08 Å². The minimum absolute atomic E-state index is 0.178. The Morgan fingerprint density at radius 1 is 1.20 bits per heavy atom. The molecule has 0 spiro atoms. The molecule has 0 aromatic heterocycles. The molecular formula is C28H40O2. The number of hydrogen-bond acceptors (Lipinski definition) is 2. The van der Waals surface area contributed by atoms with Crippen LogP contribution in [0, 0.1) is 6.92 Å². The Bertz CT molecular complexity index is 882. The van der Waals surface area contributed by atoms with E-state index in [1.165, 1.54) is 5.57 Å². The van der Waals surface area contributed by atoms with E-state index in [-0.39, 0.29) is 5.92 Å². The zero-order chi connectivity index (χ0) is 23.2. The molecule has 1 aromatic rings. The van der Waals surface area contributed by atoms with E-state index in [1.807, 2.05) is 33.8 Å². The number of benzene rings is 1. The number of ether oxygens (including phenoxy) is 1. The van der Waals surface area contributed by atoms with Crippen LogP contribution in [0.3, 0.4) is 0 Å². The van der Waals surface area contributed by atoms with Gasteiger partial charge in [-0.3, -0.25) is 0 Å². The van der Waals surface area contributed by atoms with Crippen molar-refractivity contribution in [3.05, 3.63) is 87.7 Å². The van der Waals surface area contributed by atoms with Crippen molar-refractivity contribution in [2.24, 2.45) is 0 Å². The van der Waals surface area contributed by atoms with Crippen LogP contribution in [0.4, 0.5) is 0 Å². The molecule has 1 rings (SSSR count). The lowest BCUT2D eigenvalue weighted by molar-refractivity contribution is 0.112. The Hall–Kier alpha value is -2.32. The highest BCUT2D eigenvalue weighted by Gasteiger charge is 2.35. The van der Waals surface area contributed by atoms with Gasteiger partial charge in [0.2, 0.25) is 0 Å². The number of allylic oxidation sites excluding steroid dienone is 5. The van der Waals surface area contributed by atoms with Crippen molar-refractivity contribution in [3.63, 3.8) is 0 Å². The SMILES string of the molecule is C=Cc1ccc(C(C(=C(C)C)C(C)(C)O)/C(C(=C)OCC)=C(C)/C(C)=C\C)c(C)c1. The fourth-order valence-electron chi connectivity index (χ4n) is 4.13. The van der Waals surface area contributed by atoms with Gasteiger partial charge >= 0.3 is 0 Å². The van der Waals surface area contributed by atoms with E-state index in [2.05, 4.69) is 72.1 Å². The highest BCUT2D eigenvalue weighted by molar-refractivity contribution is 5.58. The molecule has 2 heteroatoms. The Balaban J connectivity index is 4.11. The lowest BCUT2D eigenvalue weighted by Gasteiger charge is -2.35. The largest absolute Gasteiger partial charge is 0.494 e. The number of rotatable bonds is 9. The predicted octanol–water partition coefficient (Wildman–Crippen LogP) is 7.66. The normalized spacial score (nSPS) is 14.0. The standard InChI is InChI=1S/C28H40O2/c1-12-19(6)21(8)25(22(9)30-14-3)26(27(18(4)5)28(10,11)29)24-16-15-23(13-2)17-20(24)7/h12-13,15-17,26,29H,2,9,14H2,1,3-8,10-11H3/b19-12-,25-21+. The molecule has 0 bridgehead atoms. The third-order valence-electron chi connectivity index (χ3n) is 5.66. The van der Waals surface area contributed by atoms with E-state index in [0.29, 0.717) is 12.4 Å². The summed E-state index contributed by atoms with van der Waals surface area (Å²) in [5.41, 5.74) is 7.72. The van der Waals surface area contributed by atoms with Crippen molar-refractivity contribution in [2.45, 2.75) is 73.8 Å². The van der Waals surface area contributed by atoms with Crippen molar-refractivity contribution >= 4 is 6.08 Å². The van der Waals surface area contributed by atoms with Crippen LogP contribution in [0.1, 0.15) is 78.0 Å². The molecular weight excluding hydrogens is 368 g/mol. The van der Waals surface area contributed by atoms with Gasteiger partial charge in [-0.1, -0.05) is 54.7 Å².